The number of rotatable bonds is 3. The van der Waals surface area contributed by atoms with E-state index in [0.717, 1.165) is 47.7 Å². The van der Waals surface area contributed by atoms with Crippen molar-refractivity contribution in [2.45, 2.75) is 84.2 Å². The summed E-state index contributed by atoms with van der Waals surface area (Å²) >= 11 is 0. The van der Waals surface area contributed by atoms with Gasteiger partial charge in [-0.25, -0.2) is 4.98 Å². The first-order valence-corrected chi connectivity index (χ1v) is 11.3. The summed E-state index contributed by atoms with van der Waals surface area (Å²) in [6, 6.07) is 2.04. The molecule has 156 valence electrons. The summed E-state index contributed by atoms with van der Waals surface area (Å²) in [5.41, 5.74) is 2.95. The highest BCUT2D eigenvalue weighted by Crippen LogP contribution is 2.61. The number of nitrogens with zero attached hydrogens (tertiary/aromatic N) is 1. The van der Waals surface area contributed by atoms with Gasteiger partial charge in [0.2, 0.25) is 0 Å². The molecule has 0 saturated heterocycles. The lowest BCUT2D eigenvalue weighted by Crippen LogP contribution is -2.50. The van der Waals surface area contributed by atoms with E-state index in [1.54, 1.807) is 13.1 Å². The Bertz CT molecular complexity index is 875. The molecule has 2 saturated carbocycles. The number of nitrogens with one attached hydrogen (secondary N) is 1. The monoisotopic (exact) mass is 396 g/mol. The van der Waals surface area contributed by atoms with Crippen LogP contribution < -0.4 is 5.46 Å². The van der Waals surface area contributed by atoms with Gasteiger partial charge in [-0.3, -0.25) is 4.79 Å². The van der Waals surface area contributed by atoms with Crippen molar-refractivity contribution < 1.29 is 14.5 Å². The standard InChI is InChI=1S/C15H19BN2O2.C8H14O/c1-3-14(4-2)8-15(9-14)12-10-5-6-17-13(10)18-7-11(12)16(19)20-15;1-7(9)8-5-3-2-4-6-8/h5-7,19H,3-4,8-9H2,1-2H3,(H,17,18);8H,2-6H2,1H3. The predicted octanol–water partition coefficient (Wildman–Crippen LogP) is 4.23. The van der Waals surface area contributed by atoms with Gasteiger partial charge in [-0.1, -0.05) is 46.0 Å². The second-order valence-corrected chi connectivity index (χ2v) is 9.30. The van der Waals surface area contributed by atoms with Crippen molar-refractivity contribution in [2.75, 3.05) is 0 Å². The Labute approximate surface area is 173 Å². The molecule has 3 aliphatic rings. The highest BCUT2D eigenvalue weighted by Gasteiger charge is 2.60. The van der Waals surface area contributed by atoms with Gasteiger partial charge in [0, 0.05) is 29.2 Å². The summed E-state index contributed by atoms with van der Waals surface area (Å²) in [5.74, 6) is 0.813. The van der Waals surface area contributed by atoms with Crippen molar-refractivity contribution in [3.63, 3.8) is 0 Å². The van der Waals surface area contributed by atoms with E-state index in [0.29, 0.717) is 17.1 Å². The number of fused-ring (bicyclic) bond motifs is 4. The molecule has 6 heteroatoms. The van der Waals surface area contributed by atoms with E-state index in [1.165, 1.54) is 32.1 Å². The topological polar surface area (TPSA) is 75.2 Å². The second-order valence-electron chi connectivity index (χ2n) is 9.30. The van der Waals surface area contributed by atoms with Gasteiger partial charge in [0.1, 0.15) is 11.4 Å². The molecule has 3 heterocycles. The molecule has 0 atom stereocenters. The Morgan fingerprint density at radius 3 is 2.55 bits per heavy atom. The molecule has 2 fully saturated rings. The van der Waals surface area contributed by atoms with Crippen molar-refractivity contribution in [1.82, 2.24) is 9.97 Å². The minimum Gasteiger partial charge on any atom is -0.423 e. The first-order valence-electron chi connectivity index (χ1n) is 11.3. The van der Waals surface area contributed by atoms with Gasteiger partial charge in [0.05, 0.1) is 5.60 Å². The van der Waals surface area contributed by atoms with Crippen LogP contribution in [-0.2, 0) is 15.0 Å². The second kappa shape index (κ2) is 7.88. The van der Waals surface area contributed by atoms with Crippen LogP contribution in [0.4, 0.5) is 0 Å². The number of carbonyl (C=O) groups is 1. The summed E-state index contributed by atoms with van der Waals surface area (Å²) < 4.78 is 5.99. The molecule has 0 amide bonds. The molecular weight excluding hydrogens is 363 g/mol. The highest BCUT2D eigenvalue weighted by molar-refractivity contribution is 6.62. The van der Waals surface area contributed by atoms with Crippen molar-refractivity contribution >= 4 is 29.4 Å². The zero-order chi connectivity index (χ0) is 20.6. The number of aromatic nitrogens is 2. The Kier molecular flexibility index (Phi) is 5.60. The molecule has 1 aliphatic heterocycles. The smallest absolute Gasteiger partial charge is 0.423 e. The molecule has 5 rings (SSSR count). The van der Waals surface area contributed by atoms with Gasteiger partial charge >= 0.3 is 7.12 Å². The molecule has 5 nitrogen and oxygen atoms in total. The SMILES string of the molecule is CC(=O)C1CCCCC1.CCC1(CC)CC2(C1)OB(O)c1cnc3[nH]ccc3c12. The van der Waals surface area contributed by atoms with Crippen LogP contribution in [0.3, 0.4) is 0 Å². The van der Waals surface area contributed by atoms with Crippen molar-refractivity contribution in [1.29, 1.82) is 0 Å². The number of hydrogen-bond acceptors (Lipinski definition) is 4. The molecule has 2 aromatic rings. The van der Waals surface area contributed by atoms with Crippen LogP contribution in [0.5, 0.6) is 0 Å². The van der Waals surface area contributed by atoms with E-state index in [4.69, 9.17) is 4.65 Å². The number of ketones is 1. The van der Waals surface area contributed by atoms with Gasteiger partial charge in [0.15, 0.2) is 0 Å². The minimum atomic E-state index is -0.830. The maximum Gasteiger partial charge on any atom is 0.493 e. The average molecular weight is 396 g/mol. The van der Waals surface area contributed by atoms with E-state index in [-0.39, 0.29) is 5.60 Å². The molecule has 0 bridgehead atoms. The van der Waals surface area contributed by atoms with Crippen molar-refractivity contribution in [3.8, 4) is 0 Å². The molecule has 0 unspecified atom stereocenters. The van der Waals surface area contributed by atoms with E-state index < -0.39 is 7.12 Å². The third-order valence-corrected chi connectivity index (χ3v) is 7.68. The Morgan fingerprint density at radius 1 is 1.28 bits per heavy atom. The van der Waals surface area contributed by atoms with Crippen LogP contribution in [0.2, 0.25) is 0 Å². The van der Waals surface area contributed by atoms with Crippen LogP contribution in [0, 0.1) is 11.3 Å². The third-order valence-electron chi connectivity index (χ3n) is 7.68. The van der Waals surface area contributed by atoms with Crippen LogP contribution in [0.15, 0.2) is 18.5 Å². The van der Waals surface area contributed by atoms with E-state index in [2.05, 4.69) is 23.8 Å². The maximum absolute atomic E-state index is 10.8. The number of H-pyrrole nitrogens is 1. The summed E-state index contributed by atoms with van der Waals surface area (Å²) in [4.78, 5) is 18.3. The van der Waals surface area contributed by atoms with E-state index in [1.807, 2.05) is 12.3 Å². The Hall–Kier alpha value is -1.66. The highest BCUT2D eigenvalue weighted by atomic mass is 16.5. The minimum absolute atomic E-state index is 0.301. The van der Waals surface area contributed by atoms with Crippen LogP contribution in [0.1, 0.15) is 84.1 Å². The molecule has 0 radical (unpaired) electrons. The van der Waals surface area contributed by atoms with Gasteiger partial charge in [-0.15, -0.1) is 0 Å². The predicted molar refractivity (Wildman–Crippen MR) is 116 cm³/mol. The van der Waals surface area contributed by atoms with E-state index in [9.17, 15) is 9.82 Å². The summed E-state index contributed by atoms with van der Waals surface area (Å²) in [6.45, 7) is 6.22. The zero-order valence-electron chi connectivity index (χ0n) is 18.0. The summed E-state index contributed by atoms with van der Waals surface area (Å²) in [7, 11) is -0.830. The first kappa shape index (κ1) is 20.6. The molecule has 29 heavy (non-hydrogen) atoms. The third kappa shape index (κ3) is 3.55. The number of carbonyl (C=O) groups excluding carboxylic acids is 1. The number of hydrogen-bond donors (Lipinski definition) is 2. The van der Waals surface area contributed by atoms with Gasteiger partial charge in [-0.05, 0) is 49.7 Å². The lowest BCUT2D eigenvalue weighted by atomic mass is 9.54. The maximum atomic E-state index is 10.8. The fourth-order valence-corrected chi connectivity index (χ4v) is 5.73. The first-order chi connectivity index (χ1) is 13.9. The van der Waals surface area contributed by atoms with Gasteiger partial charge in [-0.2, -0.15) is 0 Å². The summed E-state index contributed by atoms with van der Waals surface area (Å²) in [5, 5.41) is 11.3. The molecule has 2 aromatic heterocycles. The zero-order valence-corrected chi connectivity index (χ0v) is 18.0. The van der Waals surface area contributed by atoms with Crippen molar-refractivity contribution in [2.24, 2.45) is 11.3 Å². The number of pyridine rings is 1. The number of aromatic amines is 1. The lowest BCUT2D eigenvalue weighted by molar-refractivity contribution is -0.121. The van der Waals surface area contributed by atoms with Crippen LogP contribution >= 0.6 is 0 Å². The van der Waals surface area contributed by atoms with Crippen LogP contribution in [-0.4, -0.2) is 27.9 Å². The van der Waals surface area contributed by atoms with Crippen molar-refractivity contribution in [3.05, 3.63) is 24.0 Å². The molecule has 2 aliphatic carbocycles. The quantitative estimate of drug-likeness (QED) is 0.762. The van der Waals surface area contributed by atoms with E-state index >= 15 is 0 Å². The van der Waals surface area contributed by atoms with Gasteiger partial charge in [0.25, 0.3) is 0 Å². The lowest BCUT2D eigenvalue weighted by Gasteiger charge is -2.55. The Morgan fingerprint density at radius 2 is 1.97 bits per heavy atom. The molecule has 0 aromatic carbocycles. The molecule has 1 spiro atoms. The molecular formula is C23H33BN2O3. The molecule has 2 N–H and O–H groups in total. The fraction of sp³-hybridized carbons (Fsp3) is 0.652. The van der Waals surface area contributed by atoms with Gasteiger partial charge < -0.3 is 14.7 Å². The number of Topliss-reactive ketones (excluding diaryl/α,β-unsaturated/α-hetero) is 1. The Balaban J connectivity index is 0.000000192. The fourth-order valence-electron chi connectivity index (χ4n) is 5.73. The largest absolute Gasteiger partial charge is 0.493 e. The average Bonchev–Trinajstić information content (AvgIpc) is 3.30. The van der Waals surface area contributed by atoms with Crippen LogP contribution in [0.25, 0.3) is 11.0 Å². The summed E-state index contributed by atoms with van der Waals surface area (Å²) in [6.07, 6.45) is 14.2. The normalized spacial score (nSPS) is 22.1.